The van der Waals surface area contributed by atoms with Crippen molar-refractivity contribution in [1.29, 1.82) is 0 Å². The largest absolute Gasteiger partial charge is 0.457 e. The van der Waals surface area contributed by atoms with Crippen molar-refractivity contribution in [3.63, 3.8) is 0 Å². The van der Waals surface area contributed by atoms with Crippen LogP contribution in [0.5, 0.6) is 0 Å². The Morgan fingerprint density at radius 3 is 2.31 bits per heavy atom. The molecule has 270 valence electrons. The van der Waals surface area contributed by atoms with Gasteiger partial charge in [0.1, 0.15) is 12.0 Å². The van der Waals surface area contributed by atoms with Crippen LogP contribution in [0.2, 0.25) is 0 Å². The summed E-state index contributed by atoms with van der Waals surface area (Å²) >= 11 is 0. The van der Waals surface area contributed by atoms with E-state index in [1.807, 2.05) is 25.9 Å². The van der Waals surface area contributed by atoms with Crippen LogP contribution in [-0.2, 0) is 38.1 Å². The Morgan fingerprint density at radius 2 is 1.76 bits per heavy atom. The molecule has 11 atom stereocenters. The Bertz CT molecular complexity index is 1420. The minimum Gasteiger partial charge on any atom is -0.457 e. The fourth-order valence-corrected chi connectivity index (χ4v) is 6.89. The van der Waals surface area contributed by atoms with Gasteiger partial charge in [0.05, 0.1) is 29.4 Å². The van der Waals surface area contributed by atoms with Gasteiger partial charge in [-0.1, -0.05) is 44.9 Å². The Labute approximate surface area is 290 Å². The first-order valence-corrected chi connectivity index (χ1v) is 16.9. The molecule has 0 spiro atoms. The lowest BCUT2D eigenvalue weighted by Crippen LogP contribution is -2.60. The number of methoxy groups -OCH3 is 1. The SMILES string of the molecule is C#C[C@]1(O)/C=C(\C)C(=O)[C@H](C)C[C@](C)(OC)[C@H](OC2O[C@H](C)C[C@H](N(C)C)[C@H]2OC(=O)c2ccccc2)[C@@H](C)C(=O)[C@@H](C)C(=O)O[C@@H]1CC. The summed E-state index contributed by atoms with van der Waals surface area (Å²) in [5, 5.41) is 11.3. The van der Waals surface area contributed by atoms with E-state index in [-0.39, 0.29) is 36.3 Å². The first-order valence-electron chi connectivity index (χ1n) is 16.9. The summed E-state index contributed by atoms with van der Waals surface area (Å²) in [6.07, 6.45) is 2.97. The first-order chi connectivity index (χ1) is 22.9. The van der Waals surface area contributed by atoms with Crippen LogP contribution in [0.3, 0.4) is 0 Å². The maximum Gasteiger partial charge on any atom is 0.338 e. The van der Waals surface area contributed by atoms with Gasteiger partial charge in [-0.25, -0.2) is 4.79 Å². The van der Waals surface area contributed by atoms with E-state index in [1.54, 1.807) is 65.0 Å². The van der Waals surface area contributed by atoms with Crippen LogP contribution in [0, 0.1) is 30.1 Å². The standard InChI is InChI=1S/C38H53NO10/c1-12-29-38(44,13-2)21-23(4)30(40)22(3)20-37(8,45-11)33(25(6)31(41)26(7)34(42)47-29)49-36-32(28(39(9)10)19-24(5)46-36)48-35(43)27-17-15-14-16-18-27/h2,14-18,21-22,24-26,28-29,32-33,36,44H,12,19-20H2,1,3-11H3/b23-21+/t22-,24-,25+,26-,28+,29-,32-,33-,36?,37+,38+/m1/s1. The average Bonchev–Trinajstić information content (AvgIpc) is 3.08. The molecule has 1 aromatic rings. The lowest BCUT2D eigenvalue weighted by atomic mass is 9.77. The van der Waals surface area contributed by atoms with Gasteiger partial charge in [-0.2, -0.15) is 0 Å². The van der Waals surface area contributed by atoms with Crippen molar-refractivity contribution in [2.45, 2.75) is 116 Å². The minimum atomic E-state index is -2.08. The number of allylic oxidation sites excluding steroid dienone is 1. The van der Waals surface area contributed by atoms with Crippen molar-refractivity contribution in [3.8, 4) is 12.3 Å². The number of hydrogen-bond donors (Lipinski definition) is 1. The Balaban J connectivity index is 2.14. The van der Waals surface area contributed by atoms with E-state index in [1.165, 1.54) is 20.1 Å². The monoisotopic (exact) mass is 683 g/mol. The number of ketones is 2. The maximum atomic E-state index is 14.1. The lowest BCUT2D eigenvalue weighted by molar-refractivity contribution is -0.294. The summed E-state index contributed by atoms with van der Waals surface area (Å²) < 4.78 is 30.9. The van der Waals surface area contributed by atoms with Crippen molar-refractivity contribution < 1.29 is 48.0 Å². The number of carbonyl (C=O) groups excluding carboxylic acids is 4. The van der Waals surface area contributed by atoms with E-state index < -0.39 is 71.3 Å². The van der Waals surface area contributed by atoms with Crippen molar-refractivity contribution in [2.75, 3.05) is 21.2 Å². The third-order valence-corrected chi connectivity index (χ3v) is 9.87. The van der Waals surface area contributed by atoms with Crippen LogP contribution < -0.4 is 0 Å². The summed E-state index contributed by atoms with van der Waals surface area (Å²) in [7, 11) is 5.20. The number of rotatable bonds is 7. The molecule has 1 fully saturated rings. The molecule has 0 saturated carbocycles. The van der Waals surface area contributed by atoms with Gasteiger partial charge in [0.15, 0.2) is 29.6 Å². The average molecular weight is 684 g/mol. The number of Topliss-reactive ketones (excluding diaryl/α,β-unsaturated/α-hetero) is 2. The van der Waals surface area contributed by atoms with Gasteiger partial charge < -0.3 is 33.7 Å². The molecule has 11 nitrogen and oxygen atoms in total. The van der Waals surface area contributed by atoms with Crippen molar-refractivity contribution in [3.05, 3.63) is 47.5 Å². The molecule has 0 aromatic heterocycles. The zero-order valence-electron chi connectivity index (χ0n) is 30.4. The first kappa shape index (κ1) is 40.0. The highest BCUT2D eigenvalue weighted by Crippen LogP contribution is 2.38. The summed E-state index contributed by atoms with van der Waals surface area (Å²) in [5.41, 5.74) is -2.86. The van der Waals surface area contributed by atoms with E-state index in [4.69, 9.17) is 30.1 Å². The summed E-state index contributed by atoms with van der Waals surface area (Å²) in [5.74, 6) is -3.01. The predicted molar refractivity (Wildman–Crippen MR) is 182 cm³/mol. The molecule has 2 aliphatic rings. The van der Waals surface area contributed by atoms with Gasteiger partial charge in [0.2, 0.25) is 0 Å². The topological polar surface area (TPSA) is 138 Å². The third kappa shape index (κ3) is 9.04. The van der Waals surface area contributed by atoms with Crippen LogP contribution in [-0.4, -0.2) is 103 Å². The van der Waals surface area contributed by atoms with E-state index >= 15 is 0 Å². The van der Waals surface area contributed by atoms with Crippen LogP contribution in [0.15, 0.2) is 42.0 Å². The number of esters is 2. The molecule has 0 aliphatic carbocycles. The molecule has 1 saturated heterocycles. The number of hydrogen-bond acceptors (Lipinski definition) is 11. The molecule has 2 heterocycles. The zero-order chi connectivity index (χ0) is 36.8. The number of nitrogens with zero attached hydrogens (tertiary/aromatic N) is 1. The van der Waals surface area contributed by atoms with Crippen LogP contribution in [0.25, 0.3) is 0 Å². The Morgan fingerprint density at radius 1 is 1.12 bits per heavy atom. The molecule has 0 amide bonds. The molecular formula is C38H53NO10. The van der Waals surface area contributed by atoms with E-state index in [2.05, 4.69) is 5.92 Å². The number of terminal acetylenes is 1. The fourth-order valence-electron chi connectivity index (χ4n) is 6.89. The maximum absolute atomic E-state index is 14.1. The zero-order valence-corrected chi connectivity index (χ0v) is 30.4. The van der Waals surface area contributed by atoms with Crippen LogP contribution in [0.1, 0.15) is 78.1 Å². The number of likely N-dealkylation sites (N-methyl/N-ethyl adjacent to an activating group) is 1. The van der Waals surface area contributed by atoms with Crippen LogP contribution in [0.4, 0.5) is 0 Å². The molecule has 11 heteroatoms. The second-order valence-corrected chi connectivity index (χ2v) is 13.9. The summed E-state index contributed by atoms with van der Waals surface area (Å²) in [6.45, 7) is 11.6. The number of carbonyl (C=O) groups is 4. The Hall–Kier alpha value is -3.40. The van der Waals surface area contributed by atoms with Gasteiger partial charge in [0.25, 0.3) is 0 Å². The molecule has 3 rings (SSSR count). The van der Waals surface area contributed by atoms with Crippen molar-refractivity contribution in [1.82, 2.24) is 4.90 Å². The summed E-state index contributed by atoms with van der Waals surface area (Å²) in [6, 6.07) is 8.26. The Kier molecular flexibility index (Phi) is 13.5. The molecule has 49 heavy (non-hydrogen) atoms. The highest BCUT2D eigenvalue weighted by atomic mass is 16.7. The van der Waals surface area contributed by atoms with Crippen molar-refractivity contribution >= 4 is 23.5 Å². The van der Waals surface area contributed by atoms with Crippen LogP contribution >= 0.6 is 0 Å². The van der Waals surface area contributed by atoms with Gasteiger partial charge in [-0.15, -0.1) is 6.42 Å². The second kappa shape index (κ2) is 16.5. The van der Waals surface area contributed by atoms with Gasteiger partial charge in [0, 0.05) is 18.9 Å². The van der Waals surface area contributed by atoms with E-state index in [0.717, 1.165) is 0 Å². The molecule has 1 N–H and O–H groups in total. The molecular weight excluding hydrogens is 630 g/mol. The molecule has 2 aliphatic heterocycles. The van der Waals surface area contributed by atoms with E-state index in [0.29, 0.717) is 12.0 Å². The predicted octanol–water partition coefficient (Wildman–Crippen LogP) is 4.15. The third-order valence-electron chi connectivity index (χ3n) is 9.87. The quantitative estimate of drug-likeness (QED) is 0.252. The highest BCUT2D eigenvalue weighted by Gasteiger charge is 2.51. The highest BCUT2D eigenvalue weighted by molar-refractivity contribution is 6.00. The normalized spacial score (nSPS) is 37.7. The molecule has 0 radical (unpaired) electrons. The molecule has 0 bridgehead atoms. The lowest BCUT2D eigenvalue weighted by Gasteiger charge is -2.47. The minimum absolute atomic E-state index is 0.0775. The number of cyclic esters (lactones) is 1. The smallest absolute Gasteiger partial charge is 0.338 e. The fraction of sp³-hybridized carbons (Fsp3) is 0.632. The van der Waals surface area contributed by atoms with Crippen molar-refractivity contribution in [2.24, 2.45) is 17.8 Å². The number of ether oxygens (including phenoxy) is 5. The molecule has 1 unspecified atom stereocenters. The number of benzene rings is 1. The summed E-state index contributed by atoms with van der Waals surface area (Å²) in [4.78, 5) is 56.6. The number of aliphatic hydroxyl groups is 1. The second-order valence-electron chi connectivity index (χ2n) is 13.9. The van der Waals surface area contributed by atoms with Gasteiger partial charge >= 0.3 is 11.9 Å². The molecule has 1 aromatic carbocycles. The van der Waals surface area contributed by atoms with E-state index in [9.17, 15) is 24.3 Å². The van der Waals surface area contributed by atoms with Gasteiger partial charge in [-0.05, 0) is 84.8 Å². The van der Waals surface area contributed by atoms with Gasteiger partial charge in [-0.3, -0.25) is 14.4 Å².